The molecule has 3 aliphatic rings. The minimum Gasteiger partial charge on any atom is -0.444 e. The topological polar surface area (TPSA) is 70.7 Å². The van der Waals surface area contributed by atoms with Crippen molar-refractivity contribution in [1.29, 1.82) is 0 Å². The lowest BCUT2D eigenvalue weighted by Gasteiger charge is -2.38. The molecule has 0 saturated carbocycles. The van der Waals surface area contributed by atoms with Gasteiger partial charge < -0.3 is 20.3 Å². The summed E-state index contributed by atoms with van der Waals surface area (Å²) in [6, 6.07) is 0.0468. The first-order valence-electron chi connectivity index (χ1n) is 9.54. The summed E-state index contributed by atoms with van der Waals surface area (Å²) in [4.78, 5) is 26.7. The van der Waals surface area contributed by atoms with Gasteiger partial charge in [0.05, 0.1) is 11.1 Å². The van der Waals surface area contributed by atoms with E-state index >= 15 is 0 Å². The first kappa shape index (κ1) is 18.8. The number of hydrogen-bond acceptors (Lipinski definition) is 4. The summed E-state index contributed by atoms with van der Waals surface area (Å²) >= 11 is 0. The van der Waals surface area contributed by atoms with Gasteiger partial charge in [0.25, 0.3) is 0 Å². The summed E-state index contributed by atoms with van der Waals surface area (Å²) in [5.74, 6) is 0.299. The molecule has 26 heavy (non-hydrogen) atoms. The van der Waals surface area contributed by atoms with Gasteiger partial charge in [-0.3, -0.25) is 4.79 Å². The van der Waals surface area contributed by atoms with E-state index in [1.807, 2.05) is 34.6 Å². The Hall–Kier alpha value is -1.98. The van der Waals surface area contributed by atoms with Gasteiger partial charge in [0.1, 0.15) is 5.60 Å². The number of nitrogens with zero attached hydrogens (tertiary/aromatic N) is 1. The first-order valence-corrected chi connectivity index (χ1v) is 9.54. The zero-order valence-electron chi connectivity index (χ0n) is 16.5. The highest BCUT2D eigenvalue weighted by atomic mass is 16.6. The molecule has 0 aromatic rings. The van der Waals surface area contributed by atoms with E-state index < -0.39 is 5.60 Å². The van der Waals surface area contributed by atoms with Crippen LogP contribution in [0.5, 0.6) is 0 Å². The highest BCUT2D eigenvalue weighted by Gasteiger charge is 2.47. The van der Waals surface area contributed by atoms with Gasteiger partial charge in [0, 0.05) is 30.7 Å². The van der Waals surface area contributed by atoms with Gasteiger partial charge >= 0.3 is 6.09 Å². The largest absolute Gasteiger partial charge is 0.444 e. The Morgan fingerprint density at radius 2 is 2.12 bits per heavy atom. The second-order valence-corrected chi connectivity index (χ2v) is 9.10. The summed E-state index contributed by atoms with van der Waals surface area (Å²) < 4.78 is 5.38. The molecule has 1 aliphatic carbocycles. The number of likely N-dealkylation sites (tertiary alicyclic amines) is 1. The van der Waals surface area contributed by atoms with Crippen LogP contribution in [-0.2, 0) is 9.53 Å². The maximum absolute atomic E-state index is 12.4. The second kappa shape index (κ2) is 6.63. The van der Waals surface area contributed by atoms with Crippen molar-refractivity contribution < 1.29 is 14.3 Å². The molecule has 0 aromatic heterocycles. The van der Waals surface area contributed by atoms with Crippen LogP contribution in [0.1, 0.15) is 53.9 Å². The molecule has 0 radical (unpaired) electrons. The van der Waals surface area contributed by atoms with Crippen molar-refractivity contribution in [2.24, 2.45) is 11.3 Å². The molecule has 2 aliphatic heterocycles. The van der Waals surface area contributed by atoms with Crippen LogP contribution in [0.2, 0.25) is 0 Å². The Labute approximate surface area is 156 Å². The highest BCUT2D eigenvalue weighted by molar-refractivity contribution is 5.88. The van der Waals surface area contributed by atoms with Crippen LogP contribution in [0.15, 0.2) is 23.5 Å². The number of rotatable bonds is 2. The van der Waals surface area contributed by atoms with Crippen LogP contribution in [0.3, 0.4) is 0 Å². The lowest BCUT2D eigenvalue weighted by atomic mass is 9.76. The first-order chi connectivity index (χ1) is 12.1. The third kappa shape index (κ3) is 3.74. The number of fused-ring (bicyclic) bond motifs is 1. The molecule has 2 amide bonds. The van der Waals surface area contributed by atoms with Crippen molar-refractivity contribution in [2.75, 3.05) is 13.1 Å². The molecule has 144 valence electrons. The van der Waals surface area contributed by atoms with E-state index in [2.05, 4.69) is 27.7 Å². The monoisotopic (exact) mass is 361 g/mol. The van der Waals surface area contributed by atoms with Gasteiger partial charge in [-0.15, -0.1) is 0 Å². The van der Waals surface area contributed by atoms with E-state index in [-0.39, 0.29) is 29.4 Å². The second-order valence-electron chi connectivity index (χ2n) is 9.10. The summed E-state index contributed by atoms with van der Waals surface area (Å²) in [6.07, 6.45) is 6.73. The average molecular weight is 361 g/mol. The molecule has 3 rings (SSSR count). The van der Waals surface area contributed by atoms with Gasteiger partial charge in [-0.1, -0.05) is 19.9 Å². The fourth-order valence-corrected chi connectivity index (χ4v) is 4.01. The Kier molecular flexibility index (Phi) is 4.80. The molecular formula is C20H31N3O3. The van der Waals surface area contributed by atoms with E-state index in [9.17, 15) is 9.59 Å². The molecule has 0 spiro atoms. The standard InChI is InChI=1S/C20H31N3O3/c1-19(2,3)26-18(25)21-13-8-7-11-23(12-13)15-10-6-9-14-16(15)22-17(24)20(14,4)5/h6,10,13-14H,7-9,11-12H2,1-5H3,(H,21,25)(H,22,24)/t13-,14?/m1/s1. The fraction of sp³-hybridized carbons (Fsp3) is 0.700. The SMILES string of the molecule is CC(C)(C)OC(=O)N[C@@H]1CCCN(C2=C3NC(=O)C(C)(C)C3CC=C2)C1. The summed E-state index contributed by atoms with van der Waals surface area (Å²) in [5.41, 5.74) is 1.26. The van der Waals surface area contributed by atoms with Gasteiger partial charge in [0.15, 0.2) is 0 Å². The molecule has 0 bridgehead atoms. The zero-order valence-corrected chi connectivity index (χ0v) is 16.5. The molecule has 6 heteroatoms. The Morgan fingerprint density at radius 3 is 2.81 bits per heavy atom. The molecule has 2 fully saturated rings. The van der Waals surface area contributed by atoms with E-state index in [1.165, 1.54) is 0 Å². The van der Waals surface area contributed by atoms with Gasteiger partial charge in [-0.25, -0.2) is 4.79 Å². The Balaban J connectivity index is 1.72. The third-order valence-corrected chi connectivity index (χ3v) is 5.46. The Bertz CT molecular complexity index is 658. The lowest BCUT2D eigenvalue weighted by molar-refractivity contribution is -0.127. The molecule has 1 unspecified atom stereocenters. The normalized spacial score (nSPS) is 27.9. The maximum Gasteiger partial charge on any atom is 0.407 e. The number of carbonyl (C=O) groups excluding carboxylic acids is 2. The van der Waals surface area contributed by atoms with Crippen molar-refractivity contribution in [3.63, 3.8) is 0 Å². The van der Waals surface area contributed by atoms with E-state index in [0.717, 1.165) is 43.7 Å². The highest BCUT2D eigenvalue weighted by Crippen LogP contribution is 2.44. The minimum absolute atomic E-state index is 0.0468. The number of amides is 2. The number of hydrogen-bond donors (Lipinski definition) is 2. The predicted molar refractivity (Wildman–Crippen MR) is 100 cm³/mol. The zero-order chi connectivity index (χ0) is 19.1. The molecule has 2 N–H and O–H groups in total. The van der Waals surface area contributed by atoms with E-state index in [1.54, 1.807) is 0 Å². The molecule has 2 atom stereocenters. The van der Waals surface area contributed by atoms with E-state index in [0.29, 0.717) is 0 Å². The molecule has 6 nitrogen and oxygen atoms in total. The van der Waals surface area contributed by atoms with Crippen LogP contribution in [0, 0.1) is 11.3 Å². The van der Waals surface area contributed by atoms with Gasteiger partial charge in [0.2, 0.25) is 5.91 Å². The Morgan fingerprint density at radius 1 is 1.38 bits per heavy atom. The number of carbonyl (C=O) groups is 2. The van der Waals surface area contributed by atoms with Crippen molar-refractivity contribution >= 4 is 12.0 Å². The quantitative estimate of drug-likeness (QED) is 0.793. The fourth-order valence-electron chi connectivity index (χ4n) is 4.01. The maximum atomic E-state index is 12.4. The summed E-state index contributed by atoms with van der Waals surface area (Å²) in [6.45, 7) is 11.3. The predicted octanol–water partition coefficient (Wildman–Crippen LogP) is 2.92. The number of piperidine rings is 1. The number of allylic oxidation sites excluding steroid dienone is 3. The number of alkyl carbamates (subject to hydrolysis) is 1. The number of nitrogens with one attached hydrogen (secondary N) is 2. The summed E-state index contributed by atoms with van der Waals surface area (Å²) in [7, 11) is 0. The third-order valence-electron chi connectivity index (χ3n) is 5.46. The minimum atomic E-state index is -0.498. The van der Waals surface area contributed by atoms with Crippen LogP contribution in [-0.4, -0.2) is 41.6 Å². The van der Waals surface area contributed by atoms with Crippen molar-refractivity contribution in [3.8, 4) is 0 Å². The van der Waals surface area contributed by atoms with Gasteiger partial charge in [-0.2, -0.15) is 0 Å². The molecule has 2 heterocycles. The van der Waals surface area contributed by atoms with Crippen molar-refractivity contribution in [2.45, 2.75) is 65.5 Å². The van der Waals surface area contributed by atoms with Crippen molar-refractivity contribution in [1.82, 2.24) is 15.5 Å². The van der Waals surface area contributed by atoms with E-state index in [4.69, 9.17) is 4.74 Å². The smallest absolute Gasteiger partial charge is 0.407 e. The van der Waals surface area contributed by atoms with Crippen LogP contribution in [0.4, 0.5) is 4.79 Å². The van der Waals surface area contributed by atoms with Crippen LogP contribution in [0.25, 0.3) is 0 Å². The molecule has 0 aromatic carbocycles. The lowest BCUT2D eigenvalue weighted by Crippen LogP contribution is -2.49. The van der Waals surface area contributed by atoms with Crippen LogP contribution >= 0.6 is 0 Å². The van der Waals surface area contributed by atoms with Gasteiger partial charge in [-0.05, 0) is 46.1 Å². The number of ether oxygens (including phenoxy) is 1. The molecule has 2 saturated heterocycles. The average Bonchev–Trinajstić information content (AvgIpc) is 2.75. The van der Waals surface area contributed by atoms with Crippen LogP contribution < -0.4 is 10.6 Å². The molecular weight excluding hydrogens is 330 g/mol. The van der Waals surface area contributed by atoms with Crippen molar-refractivity contribution in [3.05, 3.63) is 23.5 Å². The summed E-state index contributed by atoms with van der Waals surface area (Å²) in [5, 5.41) is 6.11.